The maximum Gasteiger partial charge on any atom is 0.411 e. The van der Waals surface area contributed by atoms with Gasteiger partial charge in [-0.25, -0.2) is 0 Å². The summed E-state index contributed by atoms with van der Waals surface area (Å²) in [5.74, 6) is 0.775. The van der Waals surface area contributed by atoms with E-state index >= 15 is 0 Å². The van der Waals surface area contributed by atoms with Crippen LogP contribution in [0.1, 0.15) is 39.0 Å². The van der Waals surface area contributed by atoms with Crippen LogP contribution in [0.25, 0.3) is 0 Å². The number of rotatable bonds is 6. The van der Waals surface area contributed by atoms with E-state index in [9.17, 15) is 13.2 Å². The van der Waals surface area contributed by atoms with Gasteiger partial charge in [-0.1, -0.05) is 13.3 Å². The van der Waals surface area contributed by atoms with Gasteiger partial charge in [0.1, 0.15) is 6.61 Å². The second-order valence-corrected chi connectivity index (χ2v) is 4.76. The van der Waals surface area contributed by atoms with Gasteiger partial charge in [0.25, 0.3) is 0 Å². The molecule has 1 saturated heterocycles. The minimum absolute atomic E-state index is 0.203. The van der Waals surface area contributed by atoms with E-state index < -0.39 is 12.8 Å². The van der Waals surface area contributed by atoms with E-state index in [1.165, 1.54) is 12.8 Å². The molecule has 102 valence electrons. The van der Waals surface area contributed by atoms with Crippen LogP contribution in [0.4, 0.5) is 13.2 Å². The average molecular weight is 253 g/mol. The van der Waals surface area contributed by atoms with Gasteiger partial charge in [-0.15, -0.1) is 0 Å². The van der Waals surface area contributed by atoms with E-state index in [2.05, 4.69) is 17.0 Å². The molecule has 2 atom stereocenters. The van der Waals surface area contributed by atoms with Crippen LogP contribution in [-0.4, -0.2) is 32.0 Å². The highest BCUT2D eigenvalue weighted by molar-refractivity contribution is 4.77. The van der Waals surface area contributed by atoms with Crippen LogP contribution in [0.2, 0.25) is 0 Å². The van der Waals surface area contributed by atoms with Gasteiger partial charge in [0.05, 0.1) is 0 Å². The maximum atomic E-state index is 11.8. The molecule has 0 radical (unpaired) electrons. The summed E-state index contributed by atoms with van der Waals surface area (Å²) in [6, 6.07) is 0.461. The fourth-order valence-electron chi connectivity index (χ4n) is 2.31. The highest BCUT2D eigenvalue weighted by Gasteiger charge is 2.27. The van der Waals surface area contributed by atoms with Gasteiger partial charge in [0.15, 0.2) is 0 Å². The predicted molar refractivity (Wildman–Crippen MR) is 60.9 cm³/mol. The molecule has 1 rings (SSSR count). The van der Waals surface area contributed by atoms with Crippen molar-refractivity contribution in [3.63, 3.8) is 0 Å². The zero-order valence-electron chi connectivity index (χ0n) is 10.4. The Kier molecular flexibility index (Phi) is 6.27. The first-order chi connectivity index (χ1) is 8.01. The van der Waals surface area contributed by atoms with Crippen molar-refractivity contribution >= 4 is 0 Å². The molecule has 1 N–H and O–H groups in total. The average Bonchev–Trinajstić information content (AvgIpc) is 2.27. The van der Waals surface area contributed by atoms with E-state index in [0.29, 0.717) is 12.5 Å². The first-order valence-electron chi connectivity index (χ1n) is 6.39. The number of piperidine rings is 1. The standard InChI is InChI=1S/C12H22F3NO/c1-2-10-5-6-16-11(8-10)4-3-7-17-9-12(13,14)15/h10-11,16H,2-9H2,1H3. The summed E-state index contributed by atoms with van der Waals surface area (Å²) in [7, 11) is 0. The first-order valence-corrected chi connectivity index (χ1v) is 6.39. The third-order valence-electron chi connectivity index (χ3n) is 3.29. The number of halogens is 3. The second kappa shape index (κ2) is 7.21. The fourth-order valence-corrected chi connectivity index (χ4v) is 2.31. The van der Waals surface area contributed by atoms with Crippen molar-refractivity contribution in [3.8, 4) is 0 Å². The van der Waals surface area contributed by atoms with Crippen molar-refractivity contribution in [2.45, 2.75) is 51.2 Å². The zero-order valence-corrected chi connectivity index (χ0v) is 10.4. The SMILES string of the molecule is CCC1CCNC(CCCOCC(F)(F)F)C1. The Hall–Kier alpha value is -0.290. The molecule has 1 aliphatic heterocycles. The molecule has 0 aromatic heterocycles. The molecule has 1 fully saturated rings. The largest absolute Gasteiger partial charge is 0.411 e. The molecule has 0 amide bonds. The van der Waals surface area contributed by atoms with Crippen molar-refractivity contribution in [1.82, 2.24) is 5.32 Å². The van der Waals surface area contributed by atoms with Gasteiger partial charge in [-0.2, -0.15) is 13.2 Å². The van der Waals surface area contributed by atoms with Gasteiger partial charge in [0, 0.05) is 12.6 Å². The summed E-state index contributed by atoms with van der Waals surface area (Å²) in [4.78, 5) is 0. The van der Waals surface area contributed by atoms with Gasteiger partial charge >= 0.3 is 6.18 Å². The van der Waals surface area contributed by atoms with Gasteiger partial charge < -0.3 is 10.1 Å². The third-order valence-corrected chi connectivity index (χ3v) is 3.29. The van der Waals surface area contributed by atoms with Crippen LogP contribution in [0, 0.1) is 5.92 Å². The highest BCUT2D eigenvalue weighted by atomic mass is 19.4. The quantitative estimate of drug-likeness (QED) is 0.734. The van der Waals surface area contributed by atoms with Gasteiger partial charge in [-0.05, 0) is 38.1 Å². The van der Waals surface area contributed by atoms with E-state index in [-0.39, 0.29) is 6.61 Å². The van der Waals surface area contributed by atoms with Gasteiger partial charge in [-0.3, -0.25) is 0 Å². The zero-order chi connectivity index (χ0) is 12.7. The number of hydrogen-bond donors (Lipinski definition) is 1. The lowest BCUT2D eigenvalue weighted by atomic mass is 9.88. The van der Waals surface area contributed by atoms with Crippen molar-refractivity contribution in [2.75, 3.05) is 19.8 Å². The number of hydrogen-bond acceptors (Lipinski definition) is 2. The van der Waals surface area contributed by atoms with Crippen LogP contribution in [-0.2, 0) is 4.74 Å². The van der Waals surface area contributed by atoms with Crippen molar-refractivity contribution in [3.05, 3.63) is 0 Å². The Bertz CT molecular complexity index is 208. The first kappa shape index (κ1) is 14.8. The third kappa shape index (κ3) is 6.88. The molecule has 0 saturated carbocycles. The Morgan fingerprint density at radius 1 is 1.35 bits per heavy atom. The molecule has 0 spiro atoms. The van der Waals surface area contributed by atoms with Crippen LogP contribution in [0.3, 0.4) is 0 Å². The minimum Gasteiger partial charge on any atom is -0.372 e. The molecular weight excluding hydrogens is 231 g/mol. The number of ether oxygens (including phenoxy) is 1. The number of alkyl halides is 3. The highest BCUT2D eigenvalue weighted by Crippen LogP contribution is 2.21. The summed E-state index contributed by atoms with van der Waals surface area (Å²) in [6.07, 6.45) is 0.977. The fraction of sp³-hybridized carbons (Fsp3) is 1.00. The smallest absolute Gasteiger partial charge is 0.372 e. The molecule has 0 aromatic rings. The molecule has 1 heterocycles. The molecule has 0 bridgehead atoms. The molecule has 17 heavy (non-hydrogen) atoms. The lowest BCUT2D eigenvalue weighted by Gasteiger charge is -2.29. The summed E-state index contributed by atoms with van der Waals surface area (Å²) >= 11 is 0. The van der Waals surface area contributed by atoms with Crippen molar-refractivity contribution in [1.29, 1.82) is 0 Å². The second-order valence-electron chi connectivity index (χ2n) is 4.76. The van der Waals surface area contributed by atoms with Crippen LogP contribution < -0.4 is 5.32 Å². The molecule has 5 heteroatoms. The summed E-state index contributed by atoms with van der Waals surface area (Å²) in [5.41, 5.74) is 0. The molecule has 0 aliphatic carbocycles. The predicted octanol–water partition coefficient (Wildman–Crippen LogP) is 3.12. The number of nitrogens with one attached hydrogen (secondary N) is 1. The Labute approximate surface area is 101 Å². The van der Waals surface area contributed by atoms with E-state index in [4.69, 9.17) is 0 Å². The van der Waals surface area contributed by atoms with Crippen LogP contribution in [0.15, 0.2) is 0 Å². The lowest BCUT2D eigenvalue weighted by molar-refractivity contribution is -0.174. The molecular formula is C12H22F3NO. The van der Waals surface area contributed by atoms with Crippen molar-refractivity contribution in [2.24, 2.45) is 5.92 Å². The molecule has 0 aromatic carbocycles. The monoisotopic (exact) mass is 253 g/mol. The van der Waals surface area contributed by atoms with E-state index in [0.717, 1.165) is 25.3 Å². The van der Waals surface area contributed by atoms with E-state index in [1.807, 2.05) is 0 Å². The summed E-state index contributed by atoms with van der Waals surface area (Å²) < 4.78 is 40.0. The van der Waals surface area contributed by atoms with E-state index in [1.54, 1.807) is 0 Å². The lowest BCUT2D eigenvalue weighted by Crippen LogP contribution is -2.38. The van der Waals surface area contributed by atoms with Crippen LogP contribution >= 0.6 is 0 Å². The Balaban J connectivity index is 2.02. The summed E-state index contributed by atoms with van der Waals surface area (Å²) in [5, 5.41) is 3.41. The Morgan fingerprint density at radius 3 is 2.76 bits per heavy atom. The minimum atomic E-state index is -4.20. The molecule has 2 nitrogen and oxygen atoms in total. The summed E-state index contributed by atoms with van der Waals surface area (Å²) in [6.45, 7) is 2.31. The van der Waals surface area contributed by atoms with Gasteiger partial charge in [0.2, 0.25) is 0 Å². The topological polar surface area (TPSA) is 21.3 Å². The van der Waals surface area contributed by atoms with Crippen molar-refractivity contribution < 1.29 is 17.9 Å². The maximum absolute atomic E-state index is 11.8. The molecule has 1 aliphatic rings. The molecule has 2 unspecified atom stereocenters. The normalized spacial score (nSPS) is 26.1. The Morgan fingerprint density at radius 2 is 2.12 bits per heavy atom. The van der Waals surface area contributed by atoms with Crippen LogP contribution in [0.5, 0.6) is 0 Å².